The molecule has 3 aromatic rings. The molecule has 162 valence electrons. The number of rotatable bonds is 4. The van der Waals surface area contributed by atoms with E-state index >= 15 is 0 Å². The fourth-order valence-electron chi connectivity index (χ4n) is 3.67. The normalized spacial score (nSPS) is 15.8. The second kappa shape index (κ2) is 8.74. The number of hydrogen-bond donors (Lipinski definition) is 3. The summed E-state index contributed by atoms with van der Waals surface area (Å²) in [5, 5.41) is 3.69. The summed E-state index contributed by atoms with van der Waals surface area (Å²) in [5.74, 6) is -0.301. The predicted molar refractivity (Wildman–Crippen MR) is 121 cm³/mol. The van der Waals surface area contributed by atoms with Crippen molar-refractivity contribution in [1.29, 1.82) is 0 Å². The largest absolute Gasteiger partial charge is 0.336 e. The number of H-pyrrole nitrogens is 2. The SMILES string of the molecule is CC(C(=O)Nc1ccc2[nH]c(=O)[nH]c2c1)N1CCN(C(=O)c2ccc(Cl)cc2Cl)CC1. The van der Waals surface area contributed by atoms with Gasteiger partial charge in [-0.2, -0.15) is 0 Å². The van der Waals surface area contributed by atoms with Gasteiger partial charge in [0, 0.05) is 36.9 Å². The molecule has 1 saturated heterocycles. The third-order valence-electron chi connectivity index (χ3n) is 5.47. The molecule has 0 saturated carbocycles. The van der Waals surface area contributed by atoms with E-state index in [1.165, 1.54) is 0 Å². The van der Waals surface area contributed by atoms with Crippen molar-refractivity contribution >= 4 is 51.7 Å². The molecule has 2 amide bonds. The molecule has 31 heavy (non-hydrogen) atoms. The first-order valence-electron chi connectivity index (χ1n) is 9.83. The maximum absolute atomic E-state index is 12.8. The molecule has 1 aliphatic rings. The first-order valence-corrected chi connectivity index (χ1v) is 10.6. The number of nitrogens with zero attached hydrogens (tertiary/aromatic N) is 2. The number of piperazine rings is 1. The van der Waals surface area contributed by atoms with E-state index in [1.54, 1.807) is 41.3 Å². The second-order valence-electron chi connectivity index (χ2n) is 7.46. The van der Waals surface area contributed by atoms with Gasteiger partial charge in [0.1, 0.15) is 0 Å². The summed E-state index contributed by atoms with van der Waals surface area (Å²) in [6.07, 6.45) is 0. The number of halogens is 2. The van der Waals surface area contributed by atoms with Gasteiger partial charge in [0.2, 0.25) is 5.91 Å². The van der Waals surface area contributed by atoms with Gasteiger partial charge in [-0.25, -0.2) is 4.79 Å². The van der Waals surface area contributed by atoms with Crippen LogP contribution in [0.5, 0.6) is 0 Å². The van der Waals surface area contributed by atoms with Crippen molar-refractivity contribution in [2.24, 2.45) is 0 Å². The number of hydrogen-bond acceptors (Lipinski definition) is 4. The lowest BCUT2D eigenvalue weighted by Gasteiger charge is -2.37. The maximum Gasteiger partial charge on any atom is 0.323 e. The lowest BCUT2D eigenvalue weighted by molar-refractivity contribution is -0.121. The van der Waals surface area contributed by atoms with Gasteiger partial charge in [0.15, 0.2) is 0 Å². The molecule has 1 aromatic heterocycles. The number of imidazole rings is 1. The number of fused-ring (bicyclic) bond motifs is 1. The Bertz CT molecular complexity index is 1200. The van der Waals surface area contributed by atoms with Crippen LogP contribution in [0.25, 0.3) is 11.0 Å². The Morgan fingerprint density at radius 3 is 2.42 bits per heavy atom. The third-order valence-corrected chi connectivity index (χ3v) is 6.02. The Balaban J connectivity index is 1.35. The molecule has 1 unspecified atom stereocenters. The number of carbonyl (C=O) groups excluding carboxylic acids is 2. The highest BCUT2D eigenvalue weighted by Crippen LogP contribution is 2.23. The second-order valence-corrected chi connectivity index (χ2v) is 8.30. The minimum atomic E-state index is -0.377. The van der Waals surface area contributed by atoms with Crippen LogP contribution in [0.3, 0.4) is 0 Å². The molecule has 0 spiro atoms. The van der Waals surface area contributed by atoms with Crippen LogP contribution in [-0.2, 0) is 4.79 Å². The van der Waals surface area contributed by atoms with Crippen molar-refractivity contribution in [2.45, 2.75) is 13.0 Å². The Morgan fingerprint density at radius 2 is 1.71 bits per heavy atom. The first kappa shape index (κ1) is 21.4. The van der Waals surface area contributed by atoms with Crippen molar-refractivity contribution in [3.8, 4) is 0 Å². The highest BCUT2D eigenvalue weighted by atomic mass is 35.5. The number of carbonyl (C=O) groups is 2. The van der Waals surface area contributed by atoms with Crippen LogP contribution in [0.4, 0.5) is 5.69 Å². The zero-order valence-electron chi connectivity index (χ0n) is 16.7. The van der Waals surface area contributed by atoms with Gasteiger partial charge in [-0.05, 0) is 43.3 Å². The molecule has 2 heterocycles. The molecule has 3 N–H and O–H groups in total. The predicted octanol–water partition coefficient (Wildman–Crippen LogP) is 2.95. The molecule has 1 atom stereocenters. The monoisotopic (exact) mass is 461 g/mol. The van der Waals surface area contributed by atoms with Crippen LogP contribution < -0.4 is 11.0 Å². The Kier molecular flexibility index (Phi) is 6.04. The number of aromatic amines is 2. The topological polar surface area (TPSA) is 101 Å². The highest BCUT2D eigenvalue weighted by Gasteiger charge is 2.28. The van der Waals surface area contributed by atoms with Crippen molar-refractivity contribution < 1.29 is 9.59 Å². The van der Waals surface area contributed by atoms with E-state index in [-0.39, 0.29) is 23.5 Å². The molecular formula is C21H21Cl2N5O3. The van der Waals surface area contributed by atoms with Crippen LogP contribution in [0.2, 0.25) is 10.0 Å². The number of amides is 2. The number of anilines is 1. The highest BCUT2D eigenvalue weighted by molar-refractivity contribution is 6.36. The fourth-order valence-corrected chi connectivity index (χ4v) is 4.16. The molecule has 1 aliphatic heterocycles. The minimum Gasteiger partial charge on any atom is -0.336 e. The van der Waals surface area contributed by atoms with Crippen LogP contribution in [-0.4, -0.2) is 63.8 Å². The zero-order chi connectivity index (χ0) is 22.1. The van der Waals surface area contributed by atoms with Gasteiger partial charge in [0.25, 0.3) is 5.91 Å². The van der Waals surface area contributed by atoms with Crippen molar-refractivity contribution in [3.05, 3.63) is 62.5 Å². The van der Waals surface area contributed by atoms with E-state index in [9.17, 15) is 14.4 Å². The summed E-state index contributed by atoms with van der Waals surface area (Å²) < 4.78 is 0. The van der Waals surface area contributed by atoms with Crippen molar-refractivity contribution in [2.75, 3.05) is 31.5 Å². The van der Waals surface area contributed by atoms with Crippen LogP contribution in [0.15, 0.2) is 41.2 Å². The summed E-state index contributed by atoms with van der Waals surface area (Å²) in [4.78, 5) is 46.0. The van der Waals surface area contributed by atoms with Crippen LogP contribution >= 0.6 is 23.2 Å². The molecule has 8 nitrogen and oxygen atoms in total. The van der Waals surface area contributed by atoms with E-state index in [1.807, 2.05) is 11.8 Å². The molecule has 4 rings (SSSR count). The molecule has 0 aliphatic carbocycles. The summed E-state index contributed by atoms with van der Waals surface area (Å²) >= 11 is 12.1. The van der Waals surface area contributed by atoms with E-state index in [0.29, 0.717) is 58.5 Å². The van der Waals surface area contributed by atoms with Gasteiger partial charge in [0.05, 0.1) is 27.7 Å². The summed E-state index contributed by atoms with van der Waals surface area (Å²) in [6, 6.07) is 9.64. The van der Waals surface area contributed by atoms with Crippen molar-refractivity contribution in [1.82, 2.24) is 19.8 Å². The van der Waals surface area contributed by atoms with E-state index < -0.39 is 0 Å². The van der Waals surface area contributed by atoms with Gasteiger partial charge in [-0.1, -0.05) is 23.2 Å². The van der Waals surface area contributed by atoms with Crippen LogP contribution in [0.1, 0.15) is 17.3 Å². The first-order chi connectivity index (χ1) is 14.8. The lowest BCUT2D eigenvalue weighted by atomic mass is 10.1. The summed E-state index contributed by atoms with van der Waals surface area (Å²) in [5.41, 5.74) is 2.04. The number of aromatic nitrogens is 2. The Labute approximate surface area is 188 Å². The Hall–Kier alpha value is -2.81. The van der Waals surface area contributed by atoms with E-state index in [2.05, 4.69) is 15.3 Å². The van der Waals surface area contributed by atoms with Crippen LogP contribution in [0, 0.1) is 0 Å². The quantitative estimate of drug-likeness (QED) is 0.555. The van der Waals surface area contributed by atoms with Gasteiger partial charge < -0.3 is 20.2 Å². The van der Waals surface area contributed by atoms with E-state index in [0.717, 1.165) is 0 Å². The standard InChI is InChI=1S/C21H21Cl2N5O3/c1-12(19(29)24-14-3-5-17-18(11-14)26-21(31)25-17)27-6-8-28(9-7-27)20(30)15-4-2-13(22)10-16(15)23/h2-5,10-12H,6-9H2,1H3,(H,24,29)(H2,25,26,31). The molecule has 2 aromatic carbocycles. The number of nitrogens with one attached hydrogen (secondary N) is 3. The van der Waals surface area contributed by atoms with Crippen molar-refractivity contribution in [3.63, 3.8) is 0 Å². The smallest absolute Gasteiger partial charge is 0.323 e. The van der Waals surface area contributed by atoms with Gasteiger partial charge in [-0.3, -0.25) is 14.5 Å². The molecular weight excluding hydrogens is 441 g/mol. The third kappa shape index (κ3) is 4.61. The minimum absolute atomic E-state index is 0.146. The Morgan fingerprint density at radius 1 is 1.00 bits per heavy atom. The zero-order valence-corrected chi connectivity index (χ0v) is 18.3. The average Bonchev–Trinajstić information content (AvgIpc) is 3.12. The maximum atomic E-state index is 12.8. The summed E-state index contributed by atoms with van der Waals surface area (Å²) in [7, 11) is 0. The molecule has 0 radical (unpaired) electrons. The fraction of sp³-hybridized carbons (Fsp3) is 0.286. The molecule has 10 heteroatoms. The molecule has 1 fully saturated rings. The summed E-state index contributed by atoms with van der Waals surface area (Å²) in [6.45, 7) is 3.95. The van der Waals surface area contributed by atoms with Gasteiger partial charge in [-0.15, -0.1) is 0 Å². The average molecular weight is 462 g/mol. The van der Waals surface area contributed by atoms with Gasteiger partial charge >= 0.3 is 5.69 Å². The molecule has 0 bridgehead atoms. The van der Waals surface area contributed by atoms with E-state index in [4.69, 9.17) is 23.2 Å². The number of benzene rings is 2. The lowest BCUT2D eigenvalue weighted by Crippen LogP contribution is -2.54.